The van der Waals surface area contributed by atoms with E-state index in [-0.39, 0.29) is 28.6 Å². The van der Waals surface area contributed by atoms with Gasteiger partial charge in [-0.2, -0.15) is 0 Å². The van der Waals surface area contributed by atoms with Gasteiger partial charge < -0.3 is 9.84 Å². The minimum atomic E-state index is -0.574. The quantitative estimate of drug-likeness (QED) is 0.597. The number of methoxy groups -OCH3 is 1. The monoisotopic (exact) mass is 362 g/mol. The second-order valence-corrected chi connectivity index (χ2v) is 9.67. The van der Waals surface area contributed by atoms with E-state index in [0.717, 1.165) is 32.1 Å². The molecule has 0 aromatic rings. The fraction of sp³-hybridized carbons (Fsp3) is 0.818. The zero-order chi connectivity index (χ0) is 19.3. The molecule has 0 radical (unpaired) electrons. The maximum absolute atomic E-state index is 12.9. The molecule has 3 rings (SSSR count). The molecule has 26 heavy (non-hydrogen) atoms. The summed E-state index contributed by atoms with van der Waals surface area (Å²) in [6, 6.07) is 0. The predicted molar refractivity (Wildman–Crippen MR) is 100 cm³/mol. The van der Waals surface area contributed by atoms with Gasteiger partial charge in [0.2, 0.25) is 0 Å². The molecule has 3 aliphatic rings. The summed E-state index contributed by atoms with van der Waals surface area (Å²) >= 11 is 0. The molecular weight excluding hydrogens is 328 g/mol. The fourth-order valence-corrected chi connectivity index (χ4v) is 6.55. The van der Waals surface area contributed by atoms with E-state index in [4.69, 9.17) is 4.74 Å². The van der Waals surface area contributed by atoms with Gasteiger partial charge in [-0.15, -0.1) is 0 Å². The summed E-state index contributed by atoms with van der Waals surface area (Å²) in [5, 5.41) is 11.4. The molecule has 3 fully saturated rings. The number of carbonyl (C=O) groups is 2. The second kappa shape index (κ2) is 6.47. The SMILES string of the molecule is COC(=O)/C=C/[C@]1(C)CC[C@]2(C)[C@H](C)CC[C@]3(CCC(=O)[C@@H]23)[C@@H](C)[C@@H]1O. The van der Waals surface area contributed by atoms with Crippen LogP contribution >= 0.6 is 0 Å². The summed E-state index contributed by atoms with van der Waals surface area (Å²) in [6.45, 7) is 8.77. The maximum atomic E-state index is 12.9. The number of hydrogen-bond donors (Lipinski definition) is 1. The number of carbonyl (C=O) groups excluding carboxylic acids is 2. The Morgan fingerprint density at radius 2 is 1.88 bits per heavy atom. The molecule has 7 atom stereocenters. The average Bonchev–Trinajstić information content (AvgIpc) is 2.98. The van der Waals surface area contributed by atoms with Gasteiger partial charge in [-0.25, -0.2) is 4.79 Å². The Kier molecular flexibility index (Phi) is 4.88. The molecule has 0 saturated heterocycles. The first kappa shape index (κ1) is 19.6. The maximum Gasteiger partial charge on any atom is 0.330 e. The van der Waals surface area contributed by atoms with Gasteiger partial charge in [0, 0.05) is 23.8 Å². The van der Waals surface area contributed by atoms with Crippen molar-refractivity contribution in [3.8, 4) is 0 Å². The van der Waals surface area contributed by atoms with E-state index < -0.39 is 11.5 Å². The van der Waals surface area contributed by atoms with Crippen LogP contribution < -0.4 is 0 Å². The van der Waals surface area contributed by atoms with Gasteiger partial charge in [-0.3, -0.25) is 4.79 Å². The molecule has 0 aromatic carbocycles. The van der Waals surface area contributed by atoms with Crippen molar-refractivity contribution >= 4 is 11.8 Å². The van der Waals surface area contributed by atoms with E-state index >= 15 is 0 Å². The Morgan fingerprint density at radius 3 is 2.54 bits per heavy atom. The predicted octanol–water partition coefficient (Wildman–Crippen LogP) is 3.91. The van der Waals surface area contributed by atoms with Crippen LogP contribution in [0.4, 0.5) is 0 Å². The summed E-state index contributed by atoms with van der Waals surface area (Å²) < 4.78 is 4.75. The number of hydrogen-bond acceptors (Lipinski definition) is 4. The molecule has 3 saturated carbocycles. The number of esters is 1. The molecule has 0 spiro atoms. The lowest BCUT2D eigenvalue weighted by atomic mass is 9.44. The lowest BCUT2D eigenvalue weighted by molar-refractivity contribution is -0.159. The van der Waals surface area contributed by atoms with E-state index in [9.17, 15) is 14.7 Å². The third-order valence-corrected chi connectivity index (χ3v) is 8.62. The average molecular weight is 363 g/mol. The topological polar surface area (TPSA) is 63.6 Å². The Labute approximate surface area is 157 Å². The smallest absolute Gasteiger partial charge is 0.330 e. The zero-order valence-electron chi connectivity index (χ0n) is 16.9. The second-order valence-electron chi connectivity index (χ2n) is 9.67. The van der Waals surface area contributed by atoms with Crippen LogP contribution in [0.1, 0.15) is 66.2 Å². The highest BCUT2D eigenvalue weighted by atomic mass is 16.5. The van der Waals surface area contributed by atoms with Crippen LogP contribution in [0.3, 0.4) is 0 Å². The molecule has 0 unspecified atom stereocenters. The number of ketones is 1. The van der Waals surface area contributed by atoms with Crippen LogP contribution in [0.5, 0.6) is 0 Å². The lowest BCUT2D eigenvalue weighted by Gasteiger charge is -2.60. The van der Waals surface area contributed by atoms with Gasteiger partial charge in [-0.05, 0) is 54.8 Å². The summed E-state index contributed by atoms with van der Waals surface area (Å²) in [5.74, 6) is 0.613. The molecule has 2 bridgehead atoms. The first-order valence-electron chi connectivity index (χ1n) is 10.1. The summed E-state index contributed by atoms with van der Waals surface area (Å²) in [6.07, 6.45) is 8.10. The molecular formula is C22H34O4. The van der Waals surface area contributed by atoms with Crippen molar-refractivity contribution in [1.29, 1.82) is 0 Å². The third kappa shape index (κ3) is 2.67. The summed E-state index contributed by atoms with van der Waals surface area (Å²) in [5.41, 5.74) is -0.616. The van der Waals surface area contributed by atoms with Crippen molar-refractivity contribution < 1.29 is 19.4 Å². The standard InChI is InChI=1S/C22H34O4/c1-14-6-10-22-11-7-16(23)18(22)21(14,4)13-12-20(3,19(25)15(22)2)9-8-17(24)26-5/h8-9,14-15,18-19,25H,6-7,10-13H2,1-5H3/b9-8+/t14-,15+,18+,19+,20-,21-,22+/m1/s1. The highest BCUT2D eigenvalue weighted by Gasteiger charge is 2.64. The van der Waals surface area contributed by atoms with Gasteiger partial charge >= 0.3 is 5.97 Å². The van der Waals surface area contributed by atoms with Gasteiger partial charge in [0.1, 0.15) is 5.78 Å². The summed E-state index contributed by atoms with van der Waals surface area (Å²) in [4.78, 5) is 24.6. The van der Waals surface area contributed by atoms with Crippen molar-refractivity contribution in [2.75, 3.05) is 7.11 Å². The van der Waals surface area contributed by atoms with Gasteiger partial charge in [-0.1, -0.05) is 33.8 Å². The van der Waals surface area contributed by atoms with Crippen molar-refractivity contribution in [2.24, 2.45) is 34.0 Å². The largest absolute Gasteiger partial charge is 0.466 e. The van der Waals surface area contributed by atoms with Crippen LogP contribution in [-0.2, 0) is 14.3 Å². The van der Waals surface area contributed by atoms with E-state index in [1.54, 1.807) is 0 Å². The minimum Gasteiger partial charge on any atom is -0.466 e. The third-order valence-electron chi connectivity index (χ3n) is 8.62. The zero-order valence-corrected chi connectivity index (χ0v) is 16.9. The van der Waals surface area contributed by atoms with Crippen molar-refractivity contribution in [1.82, 2.24) is 0 Å². The number of aliphatic hydroxyl groups is 1. The molecule has 1 N–H and O–H groups in total. The van der Waals surface area contributed by atoms with E-state index in [0.29, 0.717) is 18.1 Å². The normalized spacial score (nSPS) is 48.8. The lowest BCUT2D eigenvalue weighted by Crippen LogP contribution is -2.57. The van der Waals surface area contributed by atoms with Crippen LogP contribution in [0.2, 0.25) is 0 Å². The van der Waals surface area contributed by atoms with Crippen LogP contribution in [0.25, 0.3) is 0 Å². The van der Waals surface area contributed by atoms with Crippen LogP contribution in [0.15, 0.2) is 12.2 Å². The first-order chi connectivity index (χ1) is 12.1. The molecule has 4 nitrogen and oxygen atoms in total. The Hall–Kier alpha value is -1.16. The highest BCUT2D eigenvalue weighted by molar-refractivity contribution is 5.85. The van der Waals surface area contributed by atoms with Crippen LogP contribution in [0, 0.1) is 34.0 Å². The molecule has 3 aliphatic carbocycles. The van der Waals surface area contributed by atoms with E-state index in [1.165, 1.54) is 13.2 Å². The highest BCUT2D eigenvalue weighted by Crippen LogP contribution is 2.67. The number of Topliss-reactive ketones (excluding diaryl/α,β-unsaturated/α-hetero) is 1. The Morgan fingerprint density at radius 1 is 1.19 bits per heavy atom. The van der Waals surface area contributed by atoms with E-state index in [1.807, 2.05) is 13.0 Å². The first-order valence-corrected chi connectivity index (χ1v) is 10.1. The van der Waals surface area contributed by atoms with Gasteiger partial charge in [0.05, 0.1) is 13.2 Å². The molecule has 0 aliphatic heterocycles. The van der Waals surface area contributed by atoms with Crippen molar-refractivity contribution in [3.05, 3.63) is 12.2 Å². The molecule has 4 heteroatoms. The van der Waals surface area contributed by atoms with Crippen molar-refractivity contribution in [3.63, 3.8) is 0 Å². The van der Waals surface area contributed by atoms with Gasteiger partial charge in [0.25, 0.3) is 0 Å². The number of aliphatic hydroxyl groups excluding tert-OH is 1. The molecule has 0 amide bonds. The number of ether oxygens (including phenoxy) is 1. The molecule has 0 heterocycles. The molecule has 146 valence electrons. The molecule has 0 aromatic heterocycles. The van der Waals surface area contributed by atoms with Crippen molar-refractivity contribution in [2.45, 2.75) is 72.3 Å². The summed E-state index contributed by atoms with van der Waals surface area (Å²) in [7, 11) is 1.37. The number of rotatable bonds is 2. The Balaban J connectivity index is 2.06. The Bertz CT molecular complexity index is 626. The fourth-order valence-electron chi connectivity index (χ4n) is 6.55. The van der Waals surface area contributed by atoms with Gasteiger partial charge in [0.15, 0.2) is 0 Å². The van der Waals surface area contributed by atoms with E-state index in [2.05, 4.69) is 20.8 Å². The van der Waals surface area contributed by atoms with Crippen LogP contribution in [-0.4, -0.2) is 30.1 Å². The minimum absolute atomic E-state index is 0.0263.